The van der Waals surface area contributed by atoms with E-state index in [0.29, 0.717) is 5.92 Å². The van der Waals surface area contributed by atoms with Crippen molar-refractivity contribution in [1.29, 1.82) is 0 Å². The van der Waals surface area contributed by atoms with Gasteiger partial charge in [0.25, 0.3) is 0 Å². The maximum absolute atomic E-state index is 14.4. The van der Waals surface area contributed by atoms with Crippen molar-refractivity contribution in [3.8, 4) is 0 Å². The highest BCUT2D eigenvalue weighted by atomic mass is 19.1. The molecule has 4 unspecified atom stereocenters. The molecule has 1 aromatic rings. The Morgan fingerprint density at radius 1 is 0.815 bits per heavy atom. The lowest BCUT2D eigenvalue weighted by Crippen LogP contribution is -2.34. The first-order valence-corrected chi connectivity index (χ1v) is 11.5. The minimum atomic E-state index is 0.0324. The quantitative estimate of drug-likeness (QED) is 0.477. The Morgan fingerprint density at radius 2 is 1.44 bits per heavy atom. The van der Waals surface area contributed by atoms with Crippen molar-refractivity contribution >= 4 is 0 Å². The van der Waals surface area contributed by atoms with Gasteiger partial charge in [0.15, 0.2) is 0 Å². The van der Waals surface area contributed by atoms with Crippen molar-refractivity contribution < 1.29 is 4.39 Å². The van der Waals surface area contributed by atoms with E-state index in [4.69, 9.17) is 0 Å². The van der Waals surface area contributed by atoms with Crippen molar-refractivity contribution in [3.05, 3.63) is 47.3 Å². The van der Waals surface area contributed by atoms with Crippen molar-refractivity contribution in [2.75, 3.05) is 0 Å². The molecule has 0 N–H and O–H groups in total. The predicted molar refractivity (Wildman–Crippen MR) is 112 cm³/mol. The molecule has 0 aliphatic heterocycles. The zero-order chi connectivity index (χ0) is 18.8. The molecule has 0 spiro atoms. The van der Waals surface area contributed by atoms with E-state index < -0.39 is 0 Å². The van der Waals surface area contributed by atoms with Gasteiger partial charge in [0.2, 0.25) is 0 Å². The van der Waals surface area contributed by atoms with E-state index in [0.717, 1.165) is 40.7 Å². The van der Waals surface area contributed by atoms with E-state index in [9.17, 15) is 4.39 Å². The fraction of sp³-hybridized carbons (Fsp3) is 0.692. The molecule has 3 fully saturated rings. The van der Waals surface area contributed by atoms with Gasteiger partial charge in [-0.1, -0.05) is 24.3 Å². The highest BCUT2D eigenvalue weighted by Gasteiger charge is 2.39. The van der Waals surface area contributed by atoms with Gasteiger partial charge in [-0.2, -0.15) is 0 Å². The molecule has 0 bridgehead atoms. The van der Waals surface area contributed by atoms with Crippen LogP contribution in [-0.2, 0) is 0 Å². The molecule has 0 heterocycles. The van der Waals surface area contributed by atoms with Gasteiger partial charge < -0.3 is 0 Å². The number of halogens is 1. The zero-order valence-corrected chi connectivity index (χ0v) is 17.3. The highest BCUT2D eigenvalue weighted by Crippen LogP contribution is 2.51. The number of rotatable bonds is 3. The molecular formula is C26H37F. The summed E-state index contributed by atoms with van der Waals surface area (Å²) in [5.74, 6) is 5.07. The number of benzene rings is 1. The summed E-state index contributed by atoms with van der Waals surface area (Å²) in [7, 11) is 0. The van der Waals surface area contributed by atoms with Crippen molar-refractivity contribution in [1.82, 2.24) is 0 Å². The maximum atomic E-state index is 14.4. The fourth-order valence-electron chi connectivity index (χ4n) is 6.68. The maximum Gasteiger partial charge on any atom is 0.126 e. The van der Waals surface area contributed by atoms with E-state index in [1.165, 1.54) is 64.2 Å². The van der Waals surface area contributed by atoms with Crippen LogP contribution in [-0.4, -0.2) is 0 Å². The lowest BCUT2D eigenvalue weighted by atomic mass is 9.60. The molecule has 4 rings (SSSR count). The average molecular weight is 369 g/mol. The normalized spacial score (nSPS) is 37.3. The van der Waals surface area contributed by atoms with Crippen LogP contribution in [0.4, 0.5) is 4.39 Å². The molecule has 0 aromatic heterocycles. The summed E-state index contributed by atoms with van der Waals surface area (Å²) in [6.45, 7) is 4.14. The molecule has 148 valence electrons. The predicted octanol–water partition coefficient (Wildman–Crippen LogP) is 7.82. The molecule has 1 aromatic carbocycles. The second kappa shape index (κ2) is 8.50. The standard InChI is InChI=1S/C26H37F/c1-3-4-19-6-8-20(9-7-19)21-10-11-23-17-24(13-12-22(23)16-21)25-14-5-18(2)15-26(25)27/h3-5,14-15,19-24H,6-13,16-17H2,1-2H3/b4-3+. The number of hydrogen-bond donors (Lipinski definition) is 0. The van der Waals surface area contributed by atoms with Crippen LogP contribution in [0.15, 0.2) is 30.4 Å². The third kappa shape index (κ3) is 4.33. The molecule has 3 saturated carbocycles. The van der Waals surface area contributed by atoms with Gasteiger partial charge in [-0.15, -0.1) is 0 Å². The highest BCUT2D eigenvalue weighted by molar-refractivity contribution is 5.27. The molecule has 0 saturated heterocycles. The van der Waals surface area contributed by atoms with Crippen LogP contribution in [0.25, 0.3) is 0 Å². The summed E-state index contributed by atoms with van der Waals surface area (Å²) in [5.41, 5.74) is 2.03. The molecule has 3 aliphatic rings. The first-order chi connectivity index (χ1) is 13.1. The van der Waals surface area contributed by atoms with Crippen LogP contribution in [0.2, 0.25) is 0 Å². The van der Waals surface area contributed by atoms with Gasteiger partial charge in [-0.25, -0.2) is 4.39 Å². The summed E-state index contributed by atoms with van der Waals surface area (Å²) < 4.78 is 14.4. The summed E-state index contributed by atoms with van der Waals surface area (Å²) in [6.07, 6.45) is 18.4. The number of fused-ring (bicyclic) bond motifs is 1. The van der Waals surface area contributed by atoms with E-state index >= 15 is 0 Å². The molecular weight excluding hydrogens is 331 g/mol. The SMILES string of the molecule is C/C=C/C1CCC(C2CCC3CC(c4ccc(C)cc4F)CCC3C2)CC1. The molecule has 1 heteroatoms. The largest absolute Gasteiger partial charge is 0.207 e. The molecule has 0 nitrogen and oxygen atoms in total. The molecule has 0 radical (unpaired) electrons. The van der Waals surface area contributed by atoms with Crippen molar-refractivity contribution in [2.24, 2.45) is 29.6 Å². The van der Waals surface area contributed by atoms with E-state index in [1.807, 2.05) is 6.92 Å². The smallest absolute Gasteiger partial charge is 0.126 e. The van der Waals surface area contributed by atoms with Gasteiger partial charge >= 0.3 is 0 Å². The number of allylic oxidation sites excluding steroid dienone is 2. The summed E-state index contributed by atoms with van der Waals surface area (Å²) in [6, 6.07) is 5.87. The molecule has 4 atom stereocenters. The second-order valence-corrected chi connectivity index (χ2v) is 9.83. The second-order valence-electron chi connectivity index (χ2n) is 9.83. The minimum absolute atomic E-state index is 0.0324. The van der Waals surface area contributed by atoms with E-state index in [1.54, 1.807) is 6.07 Å². The Balaban J connectivity index is 1.33. The van der Waals surface area contributed by atoms with Gasteiger partial charge in [-0.3, -0.25) is 0 Å². The summed E-state index contributed by atoms with van der Waals surface area (Å²) in [4.78, 5) is 0. The topological polar surface area (TPSA) is 0 Å². The summed E-state index contributed by atoms with van der Waals surface area (Å²) >= 11 is 0. The Bertz CT molecular complexity index is 652. The van der Waals surface area contributed by atoms with Gasteiger partial charge in [-0.05, 0) is 131 Å². The van der Waals surface area contributed by atoms with Gasteiger partial charge in [0.05, 0.1) is 0 Å². The van der Waals surface area contributed by atoms with E-state index in [-0.39, 0.29) is 5.82 Å². The lowest BCUT2D eigenvalue weighted by Gasteiger charge is -2.45. The fourth-order valence-corrected chi connectivity index (χ4v) is 6.68. The van der Waals surface area contributed by atoms with Crippen LogP contribution >= 0.6 is 0 Å². The van der Waals surface area contributed by atoms with Crippen molar-refractivity contribution in [2.45, 2.75) is 84.0 Å². The third-order valence-electron chi connectivity index (χ3n) is 8.20. The zero-order valence-electron chi connectivity index (χ0n) is 17.3. The van der Waals surface area contributed by atoms with Gasteiger partial charge in [0, 0.05) is 0 Å². The lowest BCUT2D eigenvalue weighted by molar-refractivity contribution is 0.0744. The number of hydrogen-bond acceptors (Lipinski definition) is 0. The van der Waals surface area contributed by atoms with Crippen LogP contribution in [0.3, 0.4) is 0 Å². The Morgan fingerprint density at radius 3 is 2.15 bits per heavy atom. The van der Waals surface area contributed by atoms with Gasteiger partial charge in [0.1, 0.15) is 5.82 Å². The first kappa shape index (κ1) is 19.2. The molecule has 27 heavy (non-hydrogen) atoms. The minimum Gasteiger partial charge on any atom is -0.207 e. The Hall–Kier alpha value is -1.11. The summed E-state index contributed by atoms with van der Waals surface area (Å²) in [5, 5.41) is 0. The first-order valence-electron chi connectivity index (χ1n) is 11.5. The Labute approximate surface area is 165 Å². The van der Waals surface area contributed by atoms with Crippen LogP contribution < -0.4 is 0 Å². The third-order valence-corrected chi connectivity index (χ3v) is 8.20. The van der Waals surface area contributed by atoms with E-state index in [2.05, 4.69) is 31.2 Å². The van der Waals surface area contributed by atoms with Crippen molar-refractivity contribution in [3.63, 3.8) is 0 Å². The van der Waals surface area contributed by atoms with Crippen LogP contribution in [0.5, 0.6) is 0 Å². The van der Waals surface area contributed by atoms with Crippen LogP contribution in [0.1, 0.15) is 88.2 Å². The Kier molecular flexibility index (Phi) is 6.05. The number of aryl methyl sites for hydroxylation is 1. The monoisotopic (exact) mass is 368 g/mol. The average Bonchev–Trinajstić information content (AvgIpc) is 2.68. The van der Waals surface area contributed by atoms with Crippen LogP contribution in [0, 0.1) is 42.3 Å². The molecule has 3 aliphatic carbocycles. The molecule has 0 amide bonds.